The third-order valence-electron chi connectivity index (χ3n) is 5.01. The number of benzene rings is 1. The van der Waals surface area contributed by atoms with Crippen molar-refractivity contribution in [1.29, 1.82) is 0 Å². The molecule has 1 aliphatic rings. The van der Waals surface area contributed by atoms with Gasteiger partial charge < -0.3 is 15.0 Å². The van der Waals surface area contributed by atoms with Crippen LogP contribution in [0.3, 0.4) is 0 Å². The first kappa shape index (κ1) is 22.2. The number of nitrogens with one attached hydrogen (secondary N) is 1. The van der Waals surface area contributed by atoms with E-state index in [-0.39, 0.29) is 16.8 Å². The van der Waals surface area contributed by atoms with E-state index in [2.05, 4.69) is 10.3 Å². The highest BCUT2D eigenvalue weighted by atomic mass is 35.5. The van der Waals surface area contributed by atoms with Gasteiger partial charge in [0.05, 0.1) is 17.1 Å². The normalized spacial score (nSPS) is 15.2. The number of carbonyl (C=O) groups excluding carboxylic acids is 1. The molecule has 0 bridgehead atoms. The number of alkyl halides is 3. The largest absolute Gasteiger partial charge is 0.492 e. The lowest BCUT2D eigenvalue weighted by molar-refractivity contribution is -0.137. The zero-order chi connectivity index (χ0) is 21.7. The third-order valence-corrected chi connectivity index (χ3v) is 5.28. The lowest BCUT2D eigenvalue weighted by Gasteiger charge is -2.32. The molecular formula is C21H23ClF3N3O2. The van der Waals surface area contributed by atoms with Crippen LogP contribution in [-0.2, 0) is 11.0 Å². The van der Waals surface area contributed by atoms with Gasteiger partial charge in [0.1, 0.15) is 18.2 Å². The quantitative estimate of drug-likeness (QED) is 0.672. The Kier molecular flexibility index (Phi) is 7.07. The SMILES string of the molecule is Cc1ccc(OCCNC(=O)C2CCN(c3ncc(C(F)(F)F)cc3Cl)CC2)cc1. The van der Waals surface area contributed by atoms with Crippen LogP contribution in [0.1, 0.15) is 24.0 Å². The Labute approximate surface area is 178 Å². The van der Waals surface area contributed by atoms with Gasteiger partial charge in [0.2, 0.25) is 5.91 Å². The molecule has 9 heteroatoms. The van der Waals surface area contributed by atoms with Gasteiger partial charge in [-0.25, -0.2) is 4.98 Å². The minimum atomic E-state index is -4.48. The molecule has 1 N–H and O–H groups in total. The molecule has 2 heterocycles. The number of nitrogens with zero attached hydrogens (tertiary/aromatic N) is 2. The second-order valence-corrected chi connectivity index (χ2v) is 7.65. The molecule has 5 nitrogen and oxygen atoms in total. The van der Waals surface area contributed by atoms with Gasteiger partial charge in [-0.15, -0.1) is 0 Å². The van der Waals surface area contributed by atoms with Crippen LogP contribution in [0.15, 0.2) is 36.5 Å². The van der Waals surface area contributed by atoms with Crippen LogP contribution in [0.4, 0.5) is 19.0 Å². The maximum Gasteiger partial charge on any atom is 0.417 e. The number of aromatic nitrogens is 1. The molecule has 1 saturated heterocycles. The zero-order valence-electron chi connectivity index (χ0n) is 16.5. The lowest BCUT2D eigenvalue weighted by atomic mass is 9.96. The number of hydrogen-bond acceptors (Lipinski definition) is 4. The van der Waals surface area contributed by atoms with Gasteiger partial charge in [-0.1, -0.05) is 29.3 Å². The van der Waals surface area contributed by atoms with Crippen molar-refractivity contribution in [2.75, 3.05) is 31.1 Å². The maximum absolute atomic E-state index is 12.8. The Balaban J connectivity index is 1.43. The molecule has 1 fully saturated rings. The summed E-state index contributed by atoms with van der Waals surface area (Å²) in [6, 6.07) is 8.57. The van der Waals surface area contributed by atoms with Crippen molar-refractivity contribution in [1.82, 2.24) is 10.3 Å². The summed E-state index contributed by atoms with van der Waals surface area (Å²) in [5, 5.41) is 2.83. The highest BCUT2D eigenvalue weighted by Crippen LogP contribution is 2.34. The number of carbonyl (C=O) groups is 1. The molecule has 30 heavy (non-hydrogen) atoms. The number of aryl methyl sites for hydroxylation is 1. The molecule has 0 aliphatic carbocycles. The van der Waals surface area contributed by atoms with Gasteiger partial charge in [-0.2, -0.15) is 13.2 Å². The van der Waals surface area contributed by atoms with E-state index < -0.39 is 11.7 Å². The van der Waals surface area contributed by atoms with Crippen molar-refractivity contribution in [3.05, 3.63) is 52.7 Å². The first-order chi connectivity index (χ1) is 14.2. The number of hydrogen-bond donors (Lipinski definition) is 1. The second kappa shape index (κ2) is 9.55. The summed E-state index contributed by atoms with van der Waals surface area (Å²) in [7, 11) is 0. The highest BCUT2D eigenvalue weighted by Gasteiger charge is 2.33. The predicted molar refractivity (Wildman–Crippen MR) is 109 cm³/mol. The average molecular weight is 442 g/mol. The first-order valence-corrected chi connectivity index (χ1v) is 10.1. The van der Waals surface area contributed by atoms with Gasteiger partial charge in [-0.05, 0) is 38.0 Å². The van der Waals surface area contributed by atoms with Crippen LogP contribution in [0.2, 0.25) is 5.02 Å². The maximum atomic E-state index is 12.8. The zero-order valence-corrected chi connectivity index (χ0v) is 17.3. The Morgan fingerprint density at radius 1 is 1.27 bits per heavy atom. The molecule has 1 aromatic carbocycles. The average Bonchev–Trinajstić information content (AvgIpc) is 2.72. The van der Waals surface area contributed by atoms with E-state index >= 15 is 0 Å². The molecule has 1 aliphatic heterocycles. The van der Waals surface area contributed by atoms with Crippen LogP contribution >= 0.6 is 11.6 Å². The highest BCUT2D eigenvalue weighted by molar-refractivity contribution is 6.33. The van der Waals surface area contributed by atoms with E-state index in [0.29, 0.717) is 44.9 Å². The van der Waals surface area contributed by atoms with Crippen molar-refractivity contribution >= 4 is 23.3 Å². The summed E-state index contributed by atoms with van der Waals surface area (Å²) < 4.78 is 43.9. The summed E-state index contributed by atoms with van der Waals surface area (Å²) in [6.07, 6.45) is -2.55. The fourth-order valence-electron chi connectivity index (χ4n) is 3.29. The van der Waals surface area contributed by atoms with Gasteiger partial charge in [-0.3, -0.25) is 4.79 Å². The number of ether oxygens (including phenoxy) is 1. The monoisotopic (exact) mass is 441 g/mol. The van der Waals surface area contributed by atoms with Crippen molar-refractivity contribution in [2.45, 2.75) is 25.9 Å². The van der Waals surface area contributed by atoms with Crippen LogP contribution in [0, 0.1) is 12.8 Å². The number of rotatable bonds is 6. The second-order valence-electron chi connectivity index (χ2n) is 7.24. The molecular weight excluding hydrogens is 419 g/mol. The van der Waals surface area contributed by atoms with E-state index in [1.807, 2.05) is 36.1 Å². The van der Waals surface area contributed by atoms with Crippen LogP contribution < -0.4 is 15.0 Å². The number of anilines is 1. The molecule has 0 atom stereocenters. The summed E-state index contributed by atoms with van der Waals surface area (Å²) in [6.45, 7) is 3.76. The van der Waals surface area contributed by atoms with Crippen molar-refractivity contribution in [3.63, 3.8) is 0 Å². The number of amides is 1. The van der Waals surface area contributed by atoms with Crippen molar-refractivity contribution < 1.29 is 22.7 Å². The topological polar surface area (TPSA) is 54.5 Å². The predicted octanol–water partition coefficient (Wildman–Crippen LogP) is 4.47. The Hall–Kier alpha value is -2.48. The summed E-state index contributed by atoms with van der Waals surface area (Å²) in [4.78, 5) is 18.1. The van der Waals surface area contributed by atoms with E-state index in [1.165, 1.54) is 0 Å². The van der Waals surface area contributed by atoms with E-state index in [1.54, 1.807) is 0 Å². The first-order valence-electron chi connectivity index (χ1n) is 9.69. The number of pyridine rings is 1. The molecule has 0 spiro atoms. The van der Waals surface area contributed by atoms with Crippen LogP contribution in [-0.4, -0.2) is 37.1 Å². The number of halogens is 4. The van der Waals surface area contributed by atoms with E-state index in [4.69, 9.17) is 16.3 Å². The molecule has 162 valence electrons. The minimum absolute atomic E-state index is 0.0408. The molecule has 0 unspecified atom stereocenters. The Bertz CT molecular complexity index is 867. The number of piperidine rings is 1. The summed E-state index contributed by atoms with van der Waals surface area (Å²) in [5.74, 6) is 0.863. The smallest absolute Gasteiger partial charge is 0.417 e. The summed E-state index contributed by atoms with van der Waals surface area (Å²) in [5.41, 5.74) is 0.271. The molecule has 0 saturated carbocycles. The standard InChI is InChI=1S/C21H23ClF3N3O2/c1-14-2-4-17(5-3-14)30-11-8-26-20(29)15-6-9-28(10-7-15)19-18(22)12-16(13-27-19)21(23,24)25/h2-5,12-13,15H,6-11H2,1H3,(H,26,29). The van der Waals surface area contributed by atoms with Gasteiger partial charge in [0, 0.05) is 25.2 Å². The van der Waals surface area contributed by atoms with E-state index in [9.17, 15) is 18.0 Å². The third kappa shape index (κ3) is 5.78. The molecule has 3 rings (SSSR count). The molecule has 1 aromatic heterocycles. The fourth-order valence-corrected chi connectivity index (χ4v) is 3.58. The van der Waals surface area contributed by atoms with Crippen LogP contribution in [0.25, 0.3) is 0 Å². The van der Waals surface area contributed by atoms with Crippen LogP contribution in [0.5, 0.6) is 5.75 Å². The van der Waals surface area contributed by atoms with Gasteiger partial charge in [0.15, 0.2) is 0 Å². The van der Waals surface area contributed by atoms with E-state index in [0.717, 1.165) is 23.6 Å². The Morgan fingerprint density at radius 3 is 2.53 bits per heavy atom. The lowest BCUT2D eigenvalue weighted by Crippen LogP contribution is -2.41. The molecule has 0 radical (unpaired) electrons. The summed E-state index contributed by atoms with van der Waals surface area (Å²) >= 11 is 6.01. The molecule has 1 amide bonds. The van der Waals surface area contributed by atoms with Crippen molar-refractivity contribution in [3.8, 4) is 5.75 Å². The van der Waals surface area contributed by atoms with Gasteiger partial charge in [0.25, 0.3) is 0 Å². The van der Waals surface area contributed by atoms with Crippen molar-refractivity contribution in [2.24, 2.45) is 5.92 Å². The fraction of sp³-hybridized carbons (Fsp3) is 0.429. The van der Waals surface area contributed by atoms with Gasteiger partial charge >= 0.3 is 6.18 Å². The Morgan fingerprint density at radius 2 is 1.93 bits per heavy atom. The minimum Gasteiger partial charge on any atom is -0.492 e. The molecule has 2 aromatic rings.